The second kappa shape index (κ2) is 8.53. The molecule has 3 aromatic carbocycles. The van der Waals surface area contributed by atoms with Crippen molar-refractivity contribution in [3.63, 3.8) is 0 Å². The van der Waals surface area contributed by atoms with Crippen LogP contribution < -0.4 is 20.5 Å². The van der Waals surface area contributed by atoms with Crippen LogP contribution in [-0.4, -0.2) is 18.4 Å². The third-order valence-corrected chi connectivity index (χ3v) is 3.60. The number of amides is 2. The lowest BCUT2D eigenvalue weighted by molar-refractivity contribution is -0.119. The molecule has 0 unspecified atom stereocenters. The number of primary amides is 1. The number of hydrogen-bond donors (Lipinski definition) is 2. The van der Waals surface area contributed by atoms with Gasteiger partial charge in [-0.2, -0.15) is 0 Å². The zero-order chi connectivity index (χ0) is 19.1. The van der Waals surface area contributed by atoms with Crippen LogP contribution in [0.3, 0.4) is 0 Å². The van der Waals surface area contributed by atoms with Crippen molar-refractivity contribution in [2.24, 2.45) is 5.73 Å². The van der Waals surface area contributed by atoms with Gasteiger partial charge >= 0.3 is 0 Å². The molecule has 0 aliphatic heterocycles. The lowest BCUT2D eigenvalue weighted by Gasteiger charge is -2.12. The minimum absolute atomic E-state index is 0.199. The quantitative estimate of drug-likeness (QED) is 0.672. The number of nitrogens with two attached hydrogens (primary N) is 1. The number of rotatable bonds is 7. The van der Waals surface area contributed by atoms with Gasteiger partial charge in [0.25, 0.3) is 11.8 Å². The number of hydrogen-bond acceptors (Lipinski definition) is 4. The maximum absolute atomic E-state index is 12.6. The Morgan fingerprint density at radius 2 is 1.48 bits per heavy atom. The Hall–Kier alpha value is -3.80. The molecule has 6 heteroatoms. The molecule has 2 amide bonds. The molecule has 0 atom stereocenters. The van der Waals surface area contributed by atoms with E-state index in [-0.39, 0.29) is 12.5 Å². The van der Waals surface area contributed by atoms with Gasteiger partial charge in [-0.15, -0.1) is 0 Å². The van der Waals surface area contributed by atoms with Crippen LogP contribution in [0.25, 0.3) is 0 Å². The van der Waals surface area contributed by atoms with Crippen molar-refractivity contribution >= 4 is 17.5 Å². The van der Waals surface area contributed by atoms with Crippen LogP contribution in [0, 0.1) is 0 Å². The van der Waals surface area contributed by atoms with E-state index in [9.17, 15) is 9.59 Å². The number of para-hydroxylation sites is 2. The fourth-order valence-corrected chi connectivity index (χ4v) is 2.35. The molecule has 3 aromatic rings. The van der Waals surface area contributed by atoms with E-state index < -0.39 is 5.91 Å². The Morgan fingerprint density at radius 1 is 0.815 bits per heavy atom. The molecule has 0 spiro atoms. The molecular formula is C21H18N2O4. The van der Waals surface area contributed by atoms with Gasteiger partial charge in [-0.1, -0.05) is 30.3 Å². The molecule has 6 nitrogen and oxygen atoms in total. The van der Waals surface area contributed by atoms with Gasteiger partial charge in [0.1, 0.15) is 17.2 Å². The lowest BCUT2D eigenvalue weighted by Crippen LogP contribution is -2.20. The van der Waals surface area contributed by atoms with Crippen LogP contribution >= 0.6 is 0 Å². The molecule has 3 rings (SSSR count). The zero-order valence-electron chi connectivity index (χ0n) is 14.4. The third-order valence-electron chi connectivity index (χ3n) is 3.60. The average Bonchev–Trinajstić information content (AvgIpc) is 2.68. The first-order valence-corrected chi connectivity index (χ1v) is 8.26. The first-order valence-electron chi connectivity index (χ1n) is 8.26. The fourth-order valence-electron chi connectivity index (χ4n) is 2.35. The van der Waals surface area contributed by atoms with Gasteiger partial charge in [-0.25, -0.2) is 0 Å². The van der Waals surface area contributed by atoms with Crippen molar-refractivity contribution in [1.29, 1.82) is 0 Å². The second-order valence-electron chi connectivity index (χ2n) is 5.64. The zero-order valence-corrected chi connectivity index (χ0v) is 14.4. The number of benzene rings is 3. The molecular weight excluding hydrogens is 344 g/mol. The summed E-state index contributed by atoms with van der Waals surface area (Å²) >= 11 is 0. The molecule has 0 heterocycles. The van der Waals surface area contributed by atoms with E-state index in [1.165, 1.54) is 0 Å². The Bertz CT molecular complexity index is 924. The predicted octanol–water partition coefficient (Wildman–Crippen LogP) is 3.60. The van der Waals surface area contributed by atoms with Crippen molar-refractivity contribution in [2.75, 3.05) is 11.9 Å². The predicted molar refractivity (Wildman–Crippen MR) is 102 cm³/mol. The summed E-state index contributed by atoms with van der Waals surface area (Å²) in [7, 11) is 0. The average molecular weight is 362 g/mol. The standard InChI is InChI=1S/C21H18N2O4/c22-20(24)14-26-16-12-10-15(11-13-16)23-21(25)18-8-4-5-9-19(18)27-17-6-2-1-3-7-17/h1-13H,14H2,(H2,22,24)(H,23,25). The van der Waals surface area contributed by atoms with Gasteiger partial charge in [0, 0.05) is 5.69 Å². The van der Waals surface area contributed by atoms with Crippen LogP contribution in [0.15, 0.2) is 78.9 Å². The lowest BCUT2D eigenvalue weighted by atomic mass is 10.1. The maximum Gasteiger partial charge on any atom is 0.259 e. The summed E-state index contributed by atoms with van der Waals surface area (Å²) < 4.78 is 11.0. The third kappa shape index (κ3) is 5.09. The summed E-state index contributed by atoms with van der Waals surface area (Å²) in [6.45, 7) is -0.199. The second-order valence-corrected chi connectivity index (χ2v) is 5.64. The van der Waals surface area contributed by atoms with Gasteiger partial charge in [-0.3, -0.25) is 9.59 Å². The van der Waals surface area contributed by atoms with E-state index in [0.717, 1.165) is 0 Å². The molecule has 3 N–H and O–H groups in total. The first kappa shape index (κ1) is 18.0. The summed E-state index contributed by atoms with van der Waals surface area (Å²) in [6, 6.07) is 22.9. The normalized spacial score (nSPS) is 10.1. The van der Waals surface area contributed by atoms with Crippen molar-refractivity contribution in [3.8, 4) is 17.2 Å². The molecule has 0 fully saturated rings. The number of anilines is 1. The Kier molecular flexibility index (Phi) is 5.69. The van der Waals surface area contributed by atoms with Crippen LogP contribution in [0.5, 0.6) is 17.2 Å². The van der Waals surface area contributed by atoms with Crippen molar-refractivity contribution in [2.45, 2.75) is 0 Å². The minimum Gasteiger partial charge on any atom is -0.484 e. The number of nitrogens with one attached hydrogen (secondary N) is 1. The van der Waals surface area contributed by atoms with Gasteiger partial charge in [0.2, 0.25) is 0 Å². The summed E-state index contributed by atoms with van der Waals surface area (Å²) in [5.41, 5.74) is 6.03. The Labute approximate surface area is 156 Å². The van der Waals surface area contributed by atoms with Crippen LogP contribution in [-0.2, 0) is 4.79 Å². The summed E-state index contributed by atoms with van der Waals surface area (Å²) in [5, 5.41) is 2.81. The van der Waals surface area contributed by atoms with Crippen molar-refractivity contribution < 1.29 is 19.1 Å². The fraction of sp³-hybridized carbons (Fsp3) is 0.0476. The highest BCUT2D eigenvalue weighted by Gasteiger charge is 2.13. The largest absolute Gasteiger partial charge is 0.484 e. The molecule has 0 aliphatic carbocycles. The maximum atomic E-state index is 12.6. The molecule has 0 saturated heterocycles. The minimum atomic E-state index is -0.553. The van der Waals surface area contributed by atoms with E-state index in [1.54, 1.807) is 48.5 Å². The SMILES string of the molecule is NC(=O)COc1ccc(NC(=O)c2ccccc2Oc2ccccc2)cc1. The molecule has 27 heavy (non-hydrogen) atoms. The van der Waals surface area contributed by atoms with Gasteiger partial charge in [0.15, 0.2) is 6.61 Å². The van der Waals surface area contributed by atoms with E-state index in [4.69, 9.17) is 15.2 Å². The number of carbonyl (C=O) groups excluding carboxylic acids is 2. The molecule has 136 valence electrons. The van der Waals surface area contributed by atoms with E-state index in [2.05, 4.69) is 5.32 Å². The smallest absolute Gasteiger partial charge is 0.259 e. The van der Waals surface area contributed by atoms with Gasteiger partial charge in [-0.05, 0) is 48.5 Å². The molecule has 0 saturated carbocycles. The van der Waals surface area contributed by atoms with Crippen LogP contribution in [0.1, 0.15) is 10.4 Å². The van der Waals surface area contributed by atoms with Crippen LogP contribution in [0.4, 0.5) is 5.69 Å². The highest BCUT2D eigenvalue weighted by molar-refractivity contribution is 6.06. The van der Waals surface area contributed by atoms with Gasteiger partial charge < -0.3 is 20.5 Å². The van der Waals surface area contributed by atoms with Gasteiger partial charge in [0.05, 0.1) is 5.56 Å². The van der Waals surface area contributed by atoms with Crippen molar-refractivity contribution in [1.82, 2.24) is 0 Å². The summed E-state index contributed by atoms with van der Waals surface area (Å²) in [6.07, 6.45) is 0. The highest BCUT2D eigenvalue weighted by atomic mass is 16.5. The van der Waals surface area contributed by atoms with E-state index >= 15 is 0 Å². The number of carbonyl (C=O) groups is 2. The Morgan fingerprint density at radius 3 is 2.19 bits per heavy atom. The summed E-state index contributed by atoms with van der Waals surface area (Å²) in [4.78, 5) is 23.4. The molecule has 0 radical (unpaired) electrons. The molecule has 0 aromatic heterocycles. The van der Waals surface area contributed by atoms with E-state index in [1.807, 2.05) is 30.3 Å². The molecule has 0 aliphatic rings. The monoisotopic (exact) mass is 362 g/mol. The summed E-state index contributed by atoms with van der Waals surface area (Å²) in [5.74, 6) is 0.741. The number of ether oxygens (including phenoxy) is 2. The van der Waals surface area contributed by atoms with Crippen molar-refractivity contribution in [3.05, 3.63) is 84.4 Å². The van der Waals surface area contributed by atoms with E-state index in [0.29, 0.717) is 28.5 Å². The highest BCUT2D eigenvalue weighted by Crippen LogP contribution is 2.26. The Balaban J connectivity index is 1.70. The molecule has 0 bridgehead atoms. The topological polar surface area (TPSA) is 90.7 Å². The first-order chi connectivity index (χ1) is 13.1. The van der Waals surface area contributed by atoms with Crippen LogP contribution in [0.2, 0.25) is 0 Å².